The Morgan fingerprint density at radius 1 is 0.818 bits per heavy atom. The minimum Gasteiger partial charge on any atom is -0.294 e. The van der Waals surface area contributed by atoms with E-state index >= 15 is 0 Å². The molecule has 0 fully saturated rings. The van der Waals surface area contributed by atoms with Gasteiger partial charge in [-0.3, -0.25) is 4.57 Å². The van der Waals surface area contributed by atoms with E-state index in [-0.39, 0.29) is 0 Å². The van der Waals surface area contributed by atoms with Crippen molar-refractivity contribution in [3.05, 3.63) is 60.8 Å². The summed E-state index contributed by atoms with van der Waals surface area (Å²) in [6.07, 6.45) is 1.91. The lowest BCUT2D eigenvalue weighted by Gasteiger charge is -2.31. The number of hydrogen-bond acceptors (Lipinski definition) is 1. The van der Waals surface area contributed by atoms with E-state index in [1.165, 1.54) is 32.2 Å². The number of benzene rings is 2. The lowest BCUT2D eigenvalue weighted by molar-refractivity contribution is 1.09. The van der Waals surface area contributed by atoms with Crippen LogP contribution in [0, 0.1) is 0 Å². The van der Waals surface area contributed by atoms with Crippen LogP contribution in [-0.2, 0) is 0 Å². The summed E-state index contributed by atoms with van der Waals surface area (Å²) >= 11 is 0. The van der Waals surface area contributed by atoms with Crippen molar-refractivity contribution in [2.75, 3.05) is 0 Å². The zero-order valence-electron chi connectivity index (χ0n) is 12.7. The molecule has 2 aromatic heterocycles. The van der Waals surface area contributed by atoms with Gasteiger partial charge in [-0.05, 0) is 22.5 Å². The Balaban J connectivity index is 2.15. The van der Waals surface area contributed by atoms with Crippen molar-refractivity contribution < 1.29 is 0 Å². The smallest absolute Gasteiger partial charge is 0.137 e. The van der Waals surface area contributed by atoms with Gasteiger partial charge in [-0.2, -0.15) is 0 Å². The standard InChI is InChI=1S/C19H16N2Si/c1-22(2)16-10-5-8-14-13-7-3-4-9-15(13)21(18(14)16)19-17(22)11-6-12-20-19/h3-12H,1-2H3. The predicted molar refractivity (Wildman–Crippen MR) is 95.3 cm³/mol. The van der Waals surface area contributed by atoms with Gasteiger partial charge in [-0.25, -0.2) is 4.98 Å². The van der Waals surface area contributed by atoms with Crippen LogP contribution in [0.15, 0.2) is 60.8 Å². The van der Waals surface area contributed by atoms with E-state index in [1.54, 1.807) is 0 Å². The maximum Gasteiger partial charge on any atom is 0.137 e. The molecule has 1 aliphatic heterocycles. The highest BCUT2D eigenvalue weighted by molar-refractivity contribution is 7.02. The van der Waals surface area contributed by atoms with Crippen molar-refractivity contribution >= 4 is 40.3 Å². The third-order valence-electron chi connectivity index (χ3n) is 5.04. The number of pyridine rings is 1. The summed E-state index contributed by atoms with van der Waals surface area (Å²) in [5.41, 5.74) is 2.63. The molecule has 5 rings (SSSR count). The van der Waals surface area contributed by atoms with E-state index in [0.29, 0.717) is 0 Å². The fraction of sp³-hybridized carbons (Fsp3) is 0.105. The van der Waals surface area contributed by atoms with Crippen LogP contribution in [0.2, 0.25) is 13.1 Å². The fourth-order valence-electron chi connectivity index (χ4n) is 3.95. The van der Waals surface area contributed by atoms with Crippen LogP contribution in [0.3, 0.4) is 0 Å². The second-order valence-electron chi connectivity index (χ2n) is 6.55. The number of rotatable bonds is 0. The molecule has 0 amide bonds. The monoisotopic (exact) mass is 300 g/mol. The minimum absolute atomic E-state index is 1.13. The molecule has 4 aromatic rings. The average Bonchev–Trinajstić information content (AvgIpc) is 2.88. The first-order valence-corrected chi connectivity index (χ1v) is 10.7. The molecule has 0 unspecified atom stereocenters. The molecular formula is C19H16N2Si. The maximum atomic E-state index is 4.76. The Hall–Kier alpha value is -2.39. The zero-order valence-corrected chi connectivity index (χ0v) is 13.7. The Morgan fingerprint density at radius 2 is 1.59 bits per heavy atom. The molecule has 1 aliphatic rings. The highest BCUT2D eigenvalue weighted by Crippen LogP contribution is 2.33. The van der Waals surface area contributed by atoms with Crippen molar-refractivity contribution in [1.82, 2.24) is 9.55 Å². The van der Waals surface area contributed by atoms with Crippen molar-refractivity contribution in [2.24, 2.45) is 0 Å². The van der Waals surface area contributed by atoms with Crippen LogP contribution >= 0.6 is 0 Å². The van der Waals surface area contributed by atoms with Gasteiger partial charge in [0.25, 0.3) is 0 Å². The first kappa shape index (κ1) is 12.2. The molecule has 0 bridgehead atoms. The van der Waals surface area contributed by atoms with Crippen molar-refractivity contribution in [3.63, 3.8) is 0 Å². The van der Waals surface area contributed by atoms with E-state index < -0.39 is 8.07 Å². The molecule has 0 N–H and O–H groups in total. The molecule has 0 saturated carbocycles. The van der Waals surface area contributed by atoms with Gasteiger partial charge in [-0.15, -0.1) is 0 Å². The predicted octanol–water partition coefficient (Wildman–Crippen LogP) is 3.31. The molecule has 3 heterocycles. The molecule has 0 spiro atoms. The van der Waals surface area contributed by atoms with Crippen LogP contribution in [0.25, 0.3) is 27.6 Å². The third kappa shape index (κ3) is 1.28. The summed E-state index contributed by atoms with van der Waals surface area (Å²) in [5, 5.41) is 5.62. The number of para-hydroxylation sites is 2. The largest absolute Gasteiger partial charge is 0.294 e. The highest BCUT2D eigenvalue weighted by atomic mass is 28.3. The molecule has 0 aliphatic carbocycles. The number of fused-ring (bicyclic) bond motifs is 5. The SMILES string of the molecule is C[Si]1(C)c2cccnc2-n2c3ccccc3c3cccc1c32. The second kappa shape index (κ2) is 3.87. The quantitative estimate of drug-likeness (QED) is 0.456. The van der Waals surface area contributed by atoms with Gasteiger partial charge in [0.1, 0.15) is 13.9 Å². The molecule has 0 saturated heterocycles. The first-order chi connectivity index (χ1) is 10.7. The van der Waals surface area contributed by atoms with Gasteiger partial charge in [0, 0.05) is 17.0 Å². The molecule has 0 radical (unpaired) electrons. The van der Waals surface area contributed by atoms with Crippen LogP contribution in [0.5, 0.6) is 0 Å². The van der Waals surface area contributed by atoms with Gasteiger partial charge in [0.2, 0.25) is 0 Å². The Morgan fingerprint density at radius 3 is 2.50 bits per heavy atom. The Kier molecular flexibility index (Phi) is 2.14. The minimum atomic E-state index is -1.71. The second-order valence-corrected chi connectivity index (χ2v) is 10.9. The lowest BCUT2D eigenvalue weighted by Crippen LogP contribution is -2.57. The first-order valence-electron chi connectivity index (χ1n) is 7.68. The summed E-state index contributed by atoms with van der Waals surface area (Å²) in [4.78, 5) is 4.76. The normalized spacial score (nSPS) is 15.2. The van der Waals surface area contributed by atoms with E-state index in [9.17, 15) is 0 Å². The average molecular weight is 300 g/mol. The van der Waals surface area contributed by atoms with E-state index in [2.05, 4.69) is 72.3 Å². The highest BCUT2D eigenvalue weighted by Gasteiger charge is 2.37. The van der Waals surface area contributed by atoms with Crippen molar-refractivity contribution in [1.29, 1.82) is 0 Å². The number of aromatic nitrogens is 2. The summed E-state index contributed by atoms with van der Waals surface area (Å²) in [7, 11) is -1.71. The molecule has 22 heavy (non-hydrogen) atoms. The zero-order chi connectivity index (χ0) is 14.9. The molecule has 0 atom stereocenters. The van der Waals surface area contributed by atoms with Crippen LogP contribution in [0.4, 0.5) is 0 Å². The van der Waals surface area contributed by atoms with Crippen molar-refractivity contribution in [2.45, 2.75) is 13.1 Å². The maximum absolute atomic E-state index is 4.76. The summed E-state index contributed by atoms with van der Waals surface area (Å²) in [5.74, 6) is 1.13. The molecule has 2 aromatic carbocycles. The van der Waals surface area contributed by atoms with E-state index in [4.69, 9.17) is 4.98 Å². The van der Waals surface area contributed by atoms with Crippen LogP contribution in [-0.4, -0.2) is 17.6 Å². The van der Waals surface area contributed by atoms with Crippen molar-refractivity contribution in [3.8, 4) is 5.82 Å². The Bertz CT molecular complexity index is 1060. The topological polar surface area (TPSA) is 17.8 Å². The van der Waals surface area contributed by atoms with Gasteiger partial charge in [-0.1, -0.05) is 55.6 Å². The molecular weight excluding hydrogens is 284 g/mol. The third-order valence-corrected chi connectivity index (χ3v) is 8.53. The van der Waals surface area contributed by atoms with Gasteiger partial charge >= 0.3 is 0 Å². The Labute approximate surface area is 130 Å². The molecule has 106 valence electrons. The van der Waals surface area contributed by atoms with Crippen LogP contribution in [0.1, 0.15) is 0 Å². The fourth-order valence-corrected chi connectivity index (χ4v) is 6.84. The lowest BCUT2D eigenvalue weighted by atomic mass is 10.1. The van der Waals surface area contributed by atoms with Crippen LogP contribution < -0.4 is 10.4 Å². The van der Waals surface area contributed by atoms with E-state index in [0.717, 1.165) is 5.82 Å². The summed E-state index contributed by atoms with van der Waals surface area (Å²) in [6.45, 7) is 4.87. The van der Waals surface area contributed by atoms with Gasteiger partial charge < -0.3 is 0 Å². The molecule has 2 nitrogen and oxygen atoms in total. The van der Waals surface area contributed by atoms with Gasteiger partial charge in [0.15, 0.2) is 0 Å². The number of nitrogens with zero attached hydrogens (tertiary/aromatic N) is 2. The number of hydrogen-bond donors (Lipinski definition) is 0. The summed E-state index contributed by atoms with van der Waals surface area (Å²) in [6, 6.07) is 19.8. The van der Waals surface area contributed by atoms with E-state index in [1.807, 2.05) is 6.20 Å². The summed E-state index contributed by atoms with van der Waals surface area (Å²) < 4.78 is 2.37. The van der Waals surface area contributed by atoms with Gasteiger partial charge in [0.05, 0.1) is 11.0 Å². The molecule has 3 heteroatoms.